The number of hydrogen-bond acceptors (Lipinski definition) is 4. The van der Waals surface area contributed by atoms with Gasteiger partial charge in [-0.1, -0.05) is 30.3 Å². The molecule has 25 heavy (non-hydrogen) atoms. The molecule has 1 aliphatic heterocycles. The summed E-state index contributed by atoms with van der Waals surface area (Å²) in [5.74, 6) is 0.0351. The van der Waals surface area contributed by atoms with Crippen molar-refractivity contribution in [3.63, 3.8) is 0 Å². The number of hydrogen-bond donors (Lipinski definition) is 1. The van der Waals surface area contributed by atoms with Gasteiger partial charge in [0.05, 0.1) is 18.1 Å². The summed E-state index contributed by atoms with van der Waals surface area (Å²) in [5, 5.41) is 0. The molecule has 1 amide bonds. The Balaban J connectivity index is 1.55. The number of benzene rings is 1. The maximum atomic E-state index is 12.6. The van der Waals surface area contributed by atoms with Crippen LogP contribution in [0.25, 0.3) is 0 Å². The van der Waals surface area contributed by atoms with Crippen molar-refractivity contribution in [2.45, 2.75) is 25.4 Å². The van der Waals surface area contributed by atoms with Gasteiger partial charge in [0.25, 0.3) is 0 Å². The third-order valence-corrected chi connectivity index (χ3v) is 4.67. The molecule has 6 heteroatoms. The summed E-state index contributed by atoms with van der Waals surface area (Å²) in [6, 6.07) is 9.72. The summed E-state index contributed by atoms with van der Waals surface area (Å²) in [6.07, 6.45) is 5.27. The van der Waals surface area contributed by atoms with Crippen LogP contribution in [0.4, 0.5) is 0 Å². The normalized spacial score (nSPS) is 17.3. The Labute approximate surface area is 149 Å². The molecule has 0 bridgehead atoms. The first-order valence-electron chi connectivity index (χ1n) is 8.89. The summed E-state index contributed by atoms with van der Waals surface area (Å²) in [6.45, 7) is 4.26. The van der Waals surface area contributed by atoms with Crippen LogP contribution in [-0.4, -0.2) is 64.5 Å². The molecule has 3 rings (SSSR count). The number of rotatable bonds is 5. The SMILES string of the molecule is CN1CCCN(C(=O)[C@@H](N)Cc2cn(Cc3ccccc3)cn2)CC1. The van der Waals surface area contributed by atoms with Gasteiger partial charge in [-0.25, -0.2) is 4.98 Å². The van der Waals surface area contributed by atoms with Gasteiger partial charge in [0.2, 0.25) is 5.91 Å². The maximum absolute atomic E-state index is 12.6. The van der Waals surface area contributed by atoms with Crippen LogP contribution in [0.5, 0.6) is 0 Å². The summed E-state index contributed by atoms with van der Waals surface area (Å²) in [4.78, 5) is 21.2. The summed E-state index contributed by atoms with van der Waals surface area (Å²) >= 11 is 0. The van der Waals surface area contributed by atoms with E-state index < -0.39 is 6.04 Å². The molecule has 1 fully saturated rings. The molecule has 1 saturated heterocycles. The highest BCUT2D eigenvalue weighted by Crippen LogP contribution is 2.08. The van der Waals surface area contributed by atoms with Gasteiger partial charge in [-0.05, 0) is 25.6 Å². The second-order valence-corrected chi connectivity index (χ2v) is 6.82. The summed E-state index contributed by atoms with van der Waals surface area (Å²) in [5.41, 5.74) is 8.26. The van der Waals surface area contributed by atoms with E-state index in [1.807, 2.05) is 33.9 Å². The monoisotopic (exact) mass is 341 g/mol. The molecule has 134 valence electrons. The van der Waals surface area contributed by atoms with Crippen molar-refractivity contribution in [1.82, 2.24) is 19.4 Å². The minimum Gasteiger partial charge on any atom is -0.340 e. The third kappa shape index (κ3) is 4.90. The predicted octanol–water partition coefficient (Wildman–Crippen LogP) is 0.965. The number of carbonyl (C=O) groups is 1. The van der Waals surface area contributed by atoms with Crippen molar-refractivity contribution in [2.75, 3.05) is 33.2 Å². The van der Waals surface area contributed by atoms with Gasteiger partial charge in [0, 0.05) is 38.8 Å². The van der Waals surface area contributed by atoms with Gasteiger partial charge in [-0.3, -0.25) is 4.79 Å². The second kappa shape index (κ2) is 8.27. The van der Waals surface area contributed by atoms with E-state index in [-0.39, 0.29) is 5.91 Å². The van der Waals surface area contributed by atoms with Crippen molar-refractivity contribution < 1.29 is 4.79 Å². The third-order valence-electron chi connectivity index (χ3n) is 4.67. The molecule has 0 spiro atoms. The van der Waals surface area contributed by atoms with Gasteiger partial charge in [-0.15, -0.1) is 0 Å². The van der Waals surface area contributed by atoms with E-state index in [1.165, 1.54) is 5.56 Å². The van der Waals surface area contributed by atoms with Crippen LogP contribution in [0.2, 0.25) is 0 Å². The summed E-state index contributed by atoms with van der Waals surface area (Å²) < 4.78 is 2.03. The largest absolute Gasteiger partial charge is 0.340 e. The van der Waals surface area contributed by atoms with Crippen molar-refractivity contribution in [3.8, 4) is 0 Å². The number of nitrogens with zero attached hydrogens (tertiary/aromatic N) is 4. The predicted molar refractivity (Wildman–Crippen MR) is 98.1 cm³/mol. The molecule has 2 aromatic rings. The van der Waals surface area contributed by atoms with Crippen LogP contribution in [0.1, 0.15) is 17.7 Å². The number of aromatic nitrogens is 2. The lowest BCUT2D eigenvalue weighted by molar-refractivity contribution is -0.132. The molecule has 0 radical (unpaired) electrons. The zero-order chi connectivity index (χ0) is 17.6. The van der Waals surface area contributed by atoms with E-state index in [0.29, 0.717) is 6.42 Å². The zero-order valence-corrected chi connectivity index (χ0v) is 14.8. The molecule has 2 N–H and O–H groups in total. The van der Waals surface area contributed by atoms with Gasteiger partial charge in [0.15, 0.2) is 0 Å². The highest BCUT2D eigenvalue weighted by atomic mass is 16.2. The first kappa shape index (κ1) is 17.6. The Morgan fingerprint density at radius 2 is 2.00 bits per heavy atom. The lowest BCUT2D eigenvalue weighted by atomic mass is 10.1. The van der Waals surface area contributed by atoms with Gasteiger partial charge in [-0.2, -0.15) is 0 Å². The molecule has 1 aromatic carbocycles. The van der Waals surface area contributed by atoms with Crippen LogP contribution in [0, 0.1) is 0 Å². The fourth-order valence-corrected chi connectivity index (χ4v) is 3.21. The topological polar surface area (TPSA) is 67.4 Å². The minimum atomic E-state index is -0.525. The lowest BCUT2D eigenvalue weighted by Crippen LogP contribution is -2.46. The number of nitrogens with two attached hydrogens (primary N) is 1. The Bertz CT molecular complexity index is 684. The highest BCUT2D eigenvalue weighted by Gasteiger charge is 2.23. The second-order valence-electron chi connectivity index (χ2n) is 6.82. The van der Waals surface area contributed by atoms with Gasteiger partial charge >= 0.3 is 0 Å². The van der Waals surface area contributed by atoms with Crippen LogP contribution in [0.3, 0.4) is 0 Å². The van der Waals surface area contributed by atoms with Crippen LogP contribution < -0.4 is 5.73 Å². The molecule has 0 aliphatic carbocycles. The standard InChI is InChI=1S/C19H27N5O/c1-22-8-5-9-24(11-10-22)19(25)18(20)12-17-14-23(15-21-17)13-16-6-3-2-4-7-16/h2-4,6-7,14-15,18H,5,8-13,20H2,1H3/t18-/m0/s1. The van der Waals surface area contributed by atoms with Crippen molar-refractivity contribution in [3.05, 3.63) is 54.1 Å². The van der Waals surface area contributed by atoms with Crippen LogP contribution in [0.15, 0.2) is 42.9 Å². The first-order chi connectivity index (χ1) is 12.1. The Morgan fingerprint density at radius 1 is 1.20 bits per heavy atom. The molecule has 6 nitrogen and oxygen atoms in total. The van der Waals surface area contributed by atoms with E-state index in [9.17, 15) is 4.79 Å². The quantitative estimate of drug-likeness (QED) is 0.880. The smallest absolute Gasteiger partial charge is 0.239 e. The number of amides is 1. The number of imidazole rings is 1. The molecule has 0 unspecified atom stereocenters. The molecule has 1 aromatic heterocycles. The fraction of sp³-hybridized carbons (Fsp3) is 0.474. The number of likely N-dealkylation sites (N-methyl/N-ethyl adjacent to an activating group) is 1. The molecule has 2 heterocycles. The van der Waals surface area contributed by atoms with Gasteiger partial charge < -0.3 is 20.1 Å². The summed E-state index contributed by atoms with van der Waals surface area (Å²) in [7, 11) is 2.09. The van der Waals surface area contributed by atoms with Gasteiger partial charge in [0.1, 0.15) is 0 Å². The van der Waals surface area contributed by atoms with E-state index in [0.717, 1.165) is 44.8 Å². The van der Waals surface area contributed by atoms with Crippen molar-refractivity contribution in [1.29, 1.82) is 0 Å². The van der Waals surface area contributed by atoms with E-state index in [2.05, 4.69) is 29.1 Å². The molecule has 0 saturated carbocycles. The molecular formula is C19H27N5O. The van der Waals surface area contributed by atoms with Crippen molar-refractivity contribution in [2.24, 2.45) is 5.73 Å². The average Bonchev–Trinajstić information content (AvgIpc) is 2.92. The average molecular weight is 341 g/mol. The highest BCUT2D eigenvalue weighted by molar-refractivity contribution is 5.82. The molecular weight excluding hydrogens is 314 g/mol. The Hall–Kier alpha value is -2.18. The lowest BCUT2D eigenvalue weighted by Gasteiger charge is -2.23. The Morgan fingerprint density at radius 3 is 2.80 bits per heavy atom. The number of carbonyl (C=O) groups excluding carboxylic acids is 1. The molecule has 1 atom stereocenters. The minimum absolute atomic E-state index is 0.0351. The zero-order valence-electron chi connectivity index (χ0n) is 14.8. The van der Waals surface area contributed by atoms with E-state index in [4.69, 9.17) is 5.73 Å². The van der Waals surface area contributed by atoms with Crippen LogP contribution >= 0.6 is 0 Å². The van der Waals surface area contributed by atoms with Crippen LogP contribution in [-0.2, 0) is 17.8 Å². The fourth-order valence-electron chi connectivity index (χ4n) is 3.21. The van der Waals surface area contributed by atoms with E-state index >= 15 is 0 Å². The first-order valence-corrected chi connectivity index (χ1v) is 8.89. The van der Waals surface area contributed by atoms with Crippen molar-refractivity contribution >= 4 is 5.91 Å². The maximum Gasteiger partial charge on any atom is 0.239 e. The molecule has 1 aliphatic rings. The Kier molecular flexibility index (Phi) is 5.83. The van der Waals surface area contributed by atoms with E-state index in [1.54, 1.807) is 6.33 Å².